The van der Waals surface area contributed by atoms with Crippen molar-refractivity contribution >= 4 is 34.0 Å². The number of hydrogen-bond donors (Lipinski definition) is 0. The first-order chi connectivity index (χ1) is 12.2. The van der Waals surface area contributed by atoms with E-state index in [1.54, 1.807) is 0 Å². The third-order valence-electron chi connectivity index (χ3n) is 4.72. The SMILES string of the molecule is Cc1cc(N2CCCN(c3ccc4cccc(Cl)c4n3)CC2)ccn1. The van der Waals surface area contributed by atoms with Gasteiger partial charge in [0.2, 0.25) is 0 Å². The van der Waals surface area contributed by atoms with Crippen LogP contribution in [0.1, 0.15) is 12.1 Å². The Morgan fingerprint density at radius 3 is 2.68 bits per heavy atom. The molecule has 4 rings (SSSR count). The lowest BCUT2D eigenvalue weighted by atomic mass is 10.2. The van der Waals surface area contributed by atoms with Gasteiger partial charge in [-0.15, -0.1) is 0 Å². The molecule has 1 saturated heterocycles. The summed E-state index contributed by atoms with van der Waals surface area (Å²) in [6, 6.07) is 14.4. The second-order valence-corrected chi connectivity index (χ2v) is 6.87. The predicted octanol–water partition coefficient (Wildman–Crippen LogP) is 4.31. The summed E-state index contributed by atoms with van der Waals surface area (Å²) in [6.07, 6.45) is 2.99. The first kappa shape index (κ1) is 16.2. The van der Waals surface area contributed by atoms with Crippen LogP contribution in [0, 0.1) is 6.92 Å². The molecular formula is C20H21ClN4. The quantitative estimate of drug-likeness (QED) is 0.688. The Hall–Kier alpha value is -2.33. The van der Waals surface area contributed by atoms with Crippen molar-refractivity contribution in [1.29, 1.82) is 0 Å². The van der Waals surface area contributed by atoms with Crippen LogP contribution in [-0.2, 0) is 0 Å². The van der Waals surface area contributed by atoms with Crippen molar-refractivity contribution in [3.63, 3.8) is 0 Å². The van der Waals surface area contributed by atoms with Gasteiger partial charge in [-0.25, -0.2) is 4.98 Å². The van der Waals surface area contributed by atoms with E-state index in [2.05, 4.69) is 39.0 Å². The maximum atomic E-state index is 6.32. The summed E-state index contributed by atoms with van der Waals surface area (Å²) in [6.45, 7) is 6.02. The highest BCUT2D eigenvalue weighted by molar-refractivity contribution is 6.35. The molecule has 0 unspecified atom stereocenters. The Labute approximate surface area is 153 Å². The van der Waals surface area contributed by atoms with Crippen LogP contribution in [0.25, 0.3) is 10.9 Å². The molecule has 25 heavy (non-hydrogen) atoms. The Morgan fingerprint density at radius 1 is 0.960 bits per heavy atom. The van der Waals surface area contributed by atoms with Gasteiger partial charge in [-0.1, -0.05) is 23.7 Å². The van der Waals surface area contributed by atoms with Crippen molar-refractivity contribution in [2.45, 2.75) is 13.3 Å². The van der Waals surface area contributed by atoms with Gasteiger partial charge in [-0.2, -0.15) is 0 Å². The van der Waals surface area contributed by atoms with Crippen LogP contribution in [0.4, 0.5) is 11.5 Å². The van der Waals surface area contributed by atoms with E-state index in [1.165, 1.54) is 5.69 Å². The first-order valence-corrected chi connectivity index (χ1v) is 9.06. The van der Waals surface area contributed by atoms with E-state index in [1.807, 2.05) is 31.3 Å². The molecule has 0 bridgehead atoms. The zero-order valence-corrected chi connectivity index (χ0v) is 15.1. The van der Waals surface area contributed by atoms with Crippen molar-refractivity contribution in [1.82, 2.24) is 9.97 Å². The molecule has 0 aliphatic carbocycles. The maximum Gasteiger partial charge on any atom is 0.129 e. The summed E-state index contributed by atoms with van der Waals surface area (Å²) in [5, 5.41) is 1.79. The number of pyridine rings is 2. The van der Waals surface area contributed by atoms with Gasteiger partial charge >= 0.3 is 0 Å². The predicted molar refractivity (Wildman–Crippen MR) is 105 cm³/mol. The van der Waals surface area contributed by atoms with Gasteiger partial charge in [0.25, 0.3) is 0 Å². The largest absolute Gasteiger partial charge is 0.370 e. The fourth-order valence-electron chi connectivity index (χ4n) is 3.41. The minimum Gasteiger partial charge on any atom is -0.370 e. The highest BCUT2D eigenvalue weighted by Gasteiger charge is 2.17. The lowest BCUT2D eigenvalue weighted by molar-refractivity contribution is 0.799. The Bertz CT molecular complexity index is 896. The first-order valence-electron chi connectivity index (χ1n) is 8.68. The maximum absolute atomic E-state index is 6.32. The lowest BCUT2D eigenvalue weighted by Gasteiger charge is -2.24. The number of anilines is 2. The zero-order valence-electron chi connectivity index (χ0n) is 14.3. The van der Waals surface area contributed by atoms with E-state index in [-0.39, 0.29) is 0 Å². The van der Waals surface area contributed by atoms with Gasteiger partial charge in [0.15, 0.2) is 0 Å². The van der Waals surface area contributed by atoms with E-state index in [0.717, 1.165) is 55.0 Å². The number of para-hydroxylation sites is 1. The summed E-state index contributed by atoms with van der Waals surface area (Å²) >= 11 is 6.32. The Balaban J connectivity index is 1.55. The normalized spacial score (nSPS) is 15.4. The third kappa shape index (κ3) is 3.40. The van der Waals surface area contributed by atoms with Gasteiger partial charge < -0.3 is 9.80 Å². The highest BCUT2D eigenvalue weighted by atomic mass is 35.5. The van der Waals surface area contributed by atoms with Crippen molar-refractivity contribution in [3.05, 3.63) is 59.4 Å². The van der Waals surface area contributed by atoms with Gasteiger partial charge in [0.1, 0.15) is 5.82 Å². The molecule has 1 aliphatic heterocycles. The molecule has 1 fully saturated rings. The van der Waals surface area contributed by atoms with Gasteiger partial charge in [-0.05, 0) is 43.7 Å². The van der Waals surface area contributed by atoms with Gasteiger partial charge in [-0.3, -0.25) is 4.98 Å². The molecule has 0 amide bonds. The highest BCUT2D eigenvalue weighted by Crippen LogP contribution is 2.25. The van der Waals surface area contributed by atoms with Crippen LogP contribution < -0.4 is 9.80 Å². The number of aryl methyl sites for hydroxylation is 1. The number of nitrogens with zero attached hydrogens (tertiary/aromatic N) is 4. The van der Waals surface area contributed by atoms with E-state index < -0.39 is 0 Å². The lowest BCUT2D eigenvalue weighted by Crippen LogP contribution is -2.31. The zero-order chi connectivity index (χ0) is 17.2. The standard InChI is InChI=1S/C20H21ClN4/c1-15-14-17(8-9-22-15)24-10-3-11-25(13-12-24)19-7-6-16-4-2-5-18(21)20(16)23-19/h2,4-9,14H,3,10-13H2,1H3. The van der Waals surface area contributed by atoms with Crippen molar-refractivity contribution in [2.75, 3.05) is 36.0 Å². The molecule has 128 valence electrons. The van der Waals surface area contributed by atoms with Crippen molar-refractivity contribution < 1.29 is 0 Å². The summed E-state index contributed by atoms with van der Waals surface area (Å²) in [5.41, 5.74) is 3.20. The van der Waals surface area contributed by atoms with Gasteiger partial charge in [0.05, 0.1) is 10.5 Å². The topological polar surface area (TPSA) is 32.3 Å². The Morgan fingerprint density at radius 2 is 1.80 bits per heavy atom. The van der Waals surface area contributed by atoms with Crippen LogP contribution >= 0.6 is 11.6 Å². The second-order valence-electron chi connectivity index (χ2n) is 6.46. The number of hydrogen-bond acceptors (Lipinski definition) is 4. The number of aromatic nitrogens is 2. The van der Waals surface area contributed by atoms with Crippen LogP contribution in [0.15, 0.2) is 48.7 Å². The molecule has 1 aromatic carbocycles. The number of benzene rings is 1. The molecule has 5 heteroatoms. The molecule has 4 nitrogen and oxygen atoms in total. The fourth-order valence-corrected chi connectivity index (χ4v) is 3.63. The number of fused-ring (bicyclic) bond motifs is 1. The van der Waals surface area contributed by atoms with Crippen LogP contribution in [0.5, 0.6) is 0 Å². The van der Waals surface area contributed by atoms with Gasteiger partial charge in [0, 0.05) is 49.1 Å². The average molecular weight is 353 g/mol. The molecule has 0 N–H and O–H groups in total. The second kappa shape index (κ2) is 6.89. The smallest absolute Gasteiger partial charge is 0.129 e. The Kier molecular flexibility index (Phi) is 4.45. The van der Waals surface area contributed by atoms with E-state index in [4.69, 9.17) is 16.6 Å². The molecule has 3 heterocycles. The number of rotatable bonds is 2. The molecule has 1 aliphatic rings. The average Bonchev–Trinajstić information content (AvgIpc) is 2.88. The molecule has 2 aromatic heterocycles. The minimum atomic E-state index is 0.711. The van der Waals surface area contributed by atoms with E-state index >= 15 is 0 Å². The molecule has 0 atom stereocenters. The van der Waals surface area contributed by atoms with Crippen LogP contribution in [0.3, 0.4) is 0 Å². The van der Waals surface area contributed by atoms with E-state index in [9.17, 15) is 0 Å². The third-order valence-corrected chi connectivity index (χ3v) is 5.03. The molecule has 0 spiro atoms. The number of halogens is 1. The van der Waals surface area contributed by atoms with Crippen molar-refractivity contribution in [3.8, 4) is 0 Å². The fraction of sp³-hybridized carbons (Fsp3) is 0.300. The van der Waals surface area contributed by atoms with E-state index in [0.29, 0.717) is 5.02 Å². The molecular weight excluding hydrogens is 332 g/mol. The molecule has 0 saturated carbocycles. The molecule has 3 aromatic rings. The monoisotopic (exact) mass is 352 g/mol. The molecule has 0 radical (unpaired) electrons. The minimum absolute atomic E-state index is 0.711. The summed E-state index contributed by atoms with van der Waals surface area (Å²) < 4.78 is 0. The summed E-state index contributed by atoms with van der Waals surface area (Å²) in [5.74, 6) is 1.01. The van der Waals surface area contributed by atoms with Crippen molar-refractivity contribution in [2.24, 2.45) is 0 Å². The van der Waals surface area contributed by atoms with Crippen LogP contribution in [0.2, 0.25) is 5.02 Å². The van der Waals surface area contributed by atoms with Crippen LogP contribution in [-0.4, -0.2) is 36.1 Å². The summed E-state index contributed by atoms with van der Waals surface area (Å²) in [7, 11) is 0. The summed E-state index contributed by atoms with van der Waals surface area (Å²) in [4.78, 5) is 13.9.